The molecule has 11 heteroatoms. The number of nitrogens with one attached hydrogen (secondary N) is 1. The molecule has 0 amide bonds. The fraction of sp³-hybridized carbons (Fsp3) is 0.556. The Morgan fingerprint density at radius 2 is 2.40 bits per heavy atom. The van der Waals surface area contributed by atoms with Crippen LogP contribution in [0.4, 0.5) is 0 Å². The van der Waals surface area contributed by atoms with E-state index in [2.05, 4.69) is 10.0 Å². The van der Waals surface area contributed by atoms with Crippen molar-refractivity contribution in [3.8, 4) is 0 Å². The number of hydrogen-bond donors (Lipinski definition) is 3. The predicted molar refractivity (Wildman–Crippen MR) is 66.0 cm³/mol. The Bertz CT molecular complexity index is 680. The second kappa shape index (κ2) is 5.27. The van der Waals surface area contributed by atoms with Gasteiger partial charge in [-0.05, 0) is 5.53 Å². The predicted octanol–water partition coefficient (Wildman–Crippen LogP) is -0.531. The molecule has 0 spiro atoms. The van der Waals surface area contributed by atoms with Crippen LogP contribution in [-0.4, -0.2) is 38.2 Å². The summed E-state index contributed by atoms with van der Waals surface area (Å²) in [5.41, 5.74) is 5.02. The smallest absolute Gasteiger partial charge is 0.330 e. The number of rotatable bonds is 3. The molecule has 10 nitrogen and oxygen atoms in total. The van der Waals surface area contributed by atoms with E-state index in [0.29, 0.717) is 0 Å². The molecular formula is C9H10ClN5O5. The number of halogens is 1. The molecule has 1 saturated heterocycles. The van der Waals surface area contributed by atoms with Crippen molar-refractivity contribution in [3.63, 3.8) is 0 Å². The van der Waals surface area contributed by atoms with Crippen molar-refractivity contribution in [1.29, 1.82) is 0 Å². The van der Waals surface area contributed by atoms with Crippen molar-refractivity contribution in [1.82, 2.24) is 9.55 Å². The highest BCUT2D eigenvalue weighted by Gasteiger charge is 2.48. The van der Waals surface area contributed by atoms with Crippen LogP contribution in [0.15, 0.2) is 20.9 Å². The zero-order chi connectivity index (χ0) is 14.9. The van der Waals surface area contributed by atoms with Gasteiger partial charge < -0.3 is 14.9 Å². The monoisotopic (exact) mass is 303 g/mol. The van der Waals surface area contributed by atoms with Gasteiger partial charge >= 0.3 is 5.69 Å². The van der Waals surface area contributed by atoms with Crippen molar-refractivity contribution in [3.05, 3.63) is 42.5 Å². The Morgan fingerprint density at radius 1 is 1.70 bits per heavy atom. The normalized spacial score (nSPS) is 29.1. The standard InChI is InChI=1S/C9H10ClN5O5/c10-4-2-15(8(19)12-7(4)18)6-1-5(17)9(3-16,20-6)13-14-11/h2,5-6,16-17H,1,3H2,(H,12,18,19)/t5?,6?,9-/m1/s1. The number of nitrogens with zero attached hydrogens (tertiary/aromatic N) is 4. The van der Waals surface area contributed by atoms with E-state index < -0.39 is 35.9 Å². The molecule has 3 atom stereocenters. The van der Waals surface area contributed by atoms with Crippen LogP contribution in [0.3, 0.4) is 0 Å². The number of H-pyrrole nitrogens is 1. The van der Waals surface area contributed by atoms with E-state index in [0.717, 1.165) is 10.8 Å². The summed E-state index contributed by atoms with van der Waals surface area (Å²) in [4.78, 5) is 27.3. The molecule has 0 aromatic carbocycles. The third-order valence-corrected chi connectivity index (χ3v) is 3.23. The Labute approximate surface area is 115 Å². The first-order valence-electron chi connectivity index (χ1n) is 5.47. The lowest BCUT2D eigenvalue weighted by atomic mass is 10.1. The fourth-order valence-electron chi connectivity index (χ4n) is 1.92. The molecule has 2 rings (SSSR count). The van der Waals surface area contributed by atoms with Gasteiger partial charge in [0.05, 0.1) is 12.7 Å². The minimum Gasteiger partial charge on any atom is -0.393 e. The maximum absolute atomic E-state index is 11.7. The maximum Gasteiger partial charge on any atom is 0.330 e. The zero-order valence-electron chi connectivity index (χ0n) is 9.93. The first-order chi connectivity index (χ1) is 9.43. The molecule has 0 radical (unpaired) electrons. The molecule has 0 saturated carbocycles. The summed E-state index contributed by atoms with van der Waals surface area (Å²) in [6.45, 7) is -0.763. The van der Waals surface area contributed by atoms with Gasteiger partial charge in [-0.1, -0.05) is 16.7 Å². The number of azide groups is 1. The van der Waals surface area contributed by atoms with E-state index in [9.17, 15) is 19.8 Å². The quantitative estimate of drug-likeness (QED) is 0.389. The number of aliphatic hydroxyl groups excluding tert-OH is 2. The van der Waals surface area contributed by atoms with Crippen LogP contribution in [0.5, 0.6) is 0 Å². The van der Waals surface area contributed by atoms with Crippen molar-refractivity contribution < 1.29 is 14.9 Å². The van der Waals surface area contributed by atoms with Crippen LogP contribution >= 0.6 is 11.6 Å². The molecule has 0 aliphatic carbocycles. The lowest BCUT2D eigenvalue weighted by Crippen LogP contribution is -2.41. The van der Waals surface area contributed by atoms with Crippen LogP contribution in [0.25, 0.3) is 10.4 Å². The van der Waals surface area contributed by atoms with Gasteiger partial charge in [0.1, 0.15) is 11.3 Å². The highest BCUT2D eigenvalue weighted by atomic mass is 35.5. The van der Waals surface area contributed by atoms with Crippen LogP contribution < -0.4 is 11.2 Å². The zero-order valence-corrected chi connectivity index (χ0v) is 10.7. The SMILES string of the molecule is [N-]=[N+]=N[C@]1(CO)OC(n2cc(Cl)c(=O)[nH]c2=O)CC1O. The Hall–Kier alpha value is -1.84. The average Bonchev–Trinajstić information content (AvgIpc) is 2.72. The van der Waals surface area contributed by atoms with Crippen molar-refractivity contribution >= 4 is 11.6 Å². The van der Waals surface area contributed by atoms with E-state index in [1.54, 1.807) is 0 Å². The van der Waals surface area contributed by atoms with E-state index in [1.807, 2.05) is 4.98 Å². The van der Waals surface area contributed by atoms with Gasteiger partial charge in [0.15, 0.2) is 5.72 Å². The molecule has 20 heavy (non-hydrogen) atoms. The van der Waals surface area contributed by atoms with Gasteiger partial charge in [0.2, 0.25) is 0 Å². The van der Waals surface area contributed by atoms with Crippen LogP contribution in [0.1, 0.15) is 12.6 Å². The summed E-state index contributed by atoms with van der Waals surface area (Å²) in [5, 5.41) is 22.1. The molecule has 2 heterocycles. The first-order valence-corrected chi connectivity index (χ1v) is 5.85. The average molecular weight is 304 g/mol. The summed E-state index contributed by atoms with van der Waals surface area (Å²) in [6, 6.07) is 0. The second-order valence-electron chi connectivity index (χ2n) is 4.16. The Kier molecular flexibility index (Phi) is 3.84. The van der Waals surface area contributed by atoms with Crippen LogP contribution in [0, 0.1) is 0 Å². The first kappa shape index (κ1) is 14.6. The Balaban J connectivity index is 2.43. The molecule has 1 aliphatic heterocycles. The summed E-state index contributed by atoms with van der Waals surface area (Å²) in [6.07, 6.45) is -1.43. The van der Waals surface area contributed by atoms with Gasteiger partial charge in [-0.3, -0.25) is 14.3 Å². The summed E-state index contributed by atoms with van der Waals surface area (Å²) < 4.78 is 6.22. The second-order valence-corrected chi connectivity index (χ2v) is 4.57. The minimum absolute atomic E-state index is 0.123. The molecule has 0 bridgehead atoms. The molecule has 1 aromatic rings. The highest BCUT2D eigenvalue weighted by Crippen LogP contribution is 2.37. The lowest BCUT2D eigenvalue weighted by Gasteiger charge is -2.24. The van der Waals surface area contributed by atoms with Gasteiger partial charge in [-0.15, -0.1) is 0 Å². The lowest BCUT2D eigenvalue weighted by molar-refractivity contribution is -0.124. The summed E-state index contributed by atoms with van der Waals surface area (Å²) >= 11 is 5.61. The third-order valence-electron chi connectivity index (χ3n) is 2.96. The Morgan fingerprint density at radius 3 is 3.00 bits per heavy atom. The number of aromatic nitrogens is 2. The number of aromatic amines is 1. The van der Waals surface area contributed by atoms with Crippen molar-refractivity contribution in [2.75, 3.05) is 6.61 Å². The van der Waals surface area contributed by atoms with Gasteiger partial charge in [0, 0.05) is 17.5 Å². The minimum atomic E-state index is -1.87. The molecule has 3 N–H and O–H groups in total. The molecule has 1 aliphatic rings. The maximum atomic E-state index is 11.7. The van der Waals surface area contributed by atoms with Gasteiger partial charge in [-0.25, -0.2) is 4.79 Å². The molecule has 1 aromatic heterocycles. The van der Waals surface area contributed by atoms with Gasteiger partial charge in [0.25, 0.3) is 5.56 Å². The third kappa shape index (κ3) is 2.30. The van der Waals surface area contributed by atoms with Crippen LogP contribution in [-0.2, 0) is 4.74 Å². The molecule has 108 valence electrons. The summed E-state index contributed by atoms with van der Waals surface area (Å²) in [7, 11) is 0. The van der Waals surface area contributed by atoms with E-state index in [4.69, 9.17) is 21.9 Å². The van der Waals surface area contributed by atoms with Crippen molar-refractivity contribution in [2.24, 2.45) is 5.11 Å². The van der Waals surface area contributed by atoms with E-state index >= 15 is 0 Å². The fourth-order valence-corrected chi connectivity index (χ4v) is 2.07. The topological polar surface area (TPSA) is 153 Å². The largest absolute Gasteiger partial charge is 0.393 e. The molecular weight excluding hydrogens is 294 g/mol. The number of aliphatic hydroxyl groups is 2. The molecule has 1 fully saturated rings. The molecule has 2 unspecified atom stereocenters. The van der Waals surface area contributed by atoms with Gasteiger partial charge in [-0.2, -0.15) is 0 Å². The van der Waals surface area contributed by atoms with E-state index in [-0.39, 0.29) is 11.4 Å². The van der Waals surface area contributed by atoms with E-state index in [1.165, 1.54) is 0 Å². The summed E-state index contributed by atoms with van der Waals surface area (Å²) in [5.74, 6) is 0. The number of ether oxygens (including phenoxy) is 1. The number of hydrogen-bond acceptors (Lipinski definition) is 6. The van der Waals surface area contributed by atoms with Crippen LogP contribution in [0.2, 0.25) is 5.02 Å². The van der Waals surface area contributed by atoms with Crippen molar-refractivity contribution in [2.45, 2.75) is 24.5 Å². The highest BCUT2D eigenvalue weighted by molar-refractivity contribution is 6.30.